The molecular weight excluding hydrogens is 460 g/mol. The Labute approximate surface area is 153 Å². The van der Waals surface area contributed by atoms with Crippen molar-refractivity contribution in [2.45, 2.75) is 3.79 Å². The zero-order valence-electron chi connectivity index (χ0n) is 11.1. The van der Waals surface area contributed by atoms with Gasteiger partial charge in [-0.05, 0) is 0 Å². The predicted molar refractivity (Wildman–Crippen MR) is 91.5 cm³/mol. The number of rotatable bonds is 4. The number of carbonyl (C=O) groups is 2. The van der Waals surface area contributed by atoms with Gasteiger partial charge in [0.2, 0.25) is 0 Å². The van der Waals surface area contributed by atoms with E-state index in [0.29, 0.717) is 11.3 Å². The van der Waals surface area contributed by atoms with Crippen molar-refractivity contribution < 1.29 is 9.59 Å². The van der Waals surface area contributed by atoms with Gasteiger partial charge in [-0.3, -0.25) is 0 Å². The van der Waals surface area contributed by atoms with Crippen molar-refractivity contribution in [3.8, 4) is 0 Å². The molecule has 7 heteroatoms. The number of halogens is 3. The van der Waals surface area contributed by atoms with Gasteiger partial charge < -0.3 is 0 Å². The van der Waals surface area contributed by atoms with Crippen molar-refractivity contribution in [2.24, 2.45) is 0 Å². The first kappa shape index (κ1) is 17.6. The average Bonchev–Trinajstić information content (AvgIpc) is 2.47. The van der Waals surface area contributed by atoms with E-state index in [4.69, 9.17) is 34.8 Å². The summed E-state index contributed by atoms with van der Waals surface area (Å²) in [6, 6.07) is 16.2. The quantitative estimate of drug-likeness (QED) is 0.552. The molecule has 0 bridgehead atoms. The van der Waals surface area contributed by atoms with Crippen molar-refractivity contribution in [3.63, 3.8) is 0 Å². The maximum atomic E-state index is 12.5. The normalized spacial score (nSPS) is 11.0. The molecule has 0 aliphatic heterocycles. The minimum absolute atomic E-state index is 0.00295. The maximum absolute atomic E-state index is 12.5. The molecule has 3 nitrogen and oxygen atoms in total. The number of hydrogen-bond acceptors (Lipinski definition) is 2. The van der Waals surface area contributed by atoms with Crippen molar-refractivity contribution in [3.05, 3.63) is 60.2 Å². The van der Waals surface area contributed by atoms with E-state index in [1.165, 1.54) is 0 Å². The minimum atomic E-state index is -2.08. The van der Waals surface area contributed by atoms with Crippen LogP contribution in [0, 0.1) is 0 Å². The molecule has 0 aliphatic carbocycles. The molecule has 0 fully saturated rings. The molecule has 0 heterocycles. The first-order chi connectivity index (χ1) is 10.4. The fourth-order valence-electron chi connectivity index (χ4n) is 1.61. The number of hydrogen-bond donors (Lipinski definition) is 1. The summed E-state index contributed by atoms with van der Waals surface area (Å²) in [4.78, 5) is 24.2. The van der Waals surface area contributed by atoms with E-state index in [9.17, 15) is 9.59 Å². The molecular formula is C15H10Cl3NO2Te. The molecule has 0 saturated carbocycles. The topological polar surface area (TPSA) is 46.2 Å². The van der Waals surface area contributed by atoms with Gasteiger partial charge in [0, 0.05) is 0 Å². The molecule has 0 atom stereocenters. The summed E-state index contributed by atoms with van der Waals surface area (Å²) in [6.45, 7) is 0. The third-order valence-corrected chi connectivity index (χ3v) is 5.73. The summed E-state index contributed by atoms with van der Waals surface area (Å²) in [7, 11) is 0. The molecule has 1 N–H and O–H groups in total. The van der Waals surface area contributed by atoms with Crippen LogP contribution < -0.4 is 8.93 Å². The fourth-order valence-corrected chi connectivity index (χ4v) is 4.03. The van der Waals surface area contributed by atoms with Crippen LogP contribution in [-0.4, -0.2) is 34.5 Å². The number of anilines is 1. The van der Waals surface area contributed by atoms with Gasteiger partial charge in [-0.1, -0.05) is 0 Å². The summed E-state index contributed by atoms with van der Waals surface area (Å²) in [5.41, 5.74) is 0.779. The third kappa shape index (κ3) is 4.87. The summed E-state index contributed by atoms with van der Waals surface area (Å²) < 4.78 is -1.07. The number of alkyl halides is 3. The van der Waals surface area contributed by atoms with Crippen molar-refractivity contribution in [2.75, 3.05) is 5.32 Å². The van der Waals surface area contributed by atoms with Crippen LogP contribution in [0.15, 0.2) is 54.6 Å². The second-order valence-electron chi connectivity index (χ2n) is 4.20. The molecule has 0 aromatic heterocycles. The van der Waals surface area contributed by atoms with Gasteiger partial charge in [0.05, 0.1) is 0 Å². The first-order valence-corrected chi connectivity index (χ1v) is 9.59. The number of nitrogens with one attached hydrogen (secondary N) is 1. The zero-order valence-corrected chi connectivity index (χ0v) is 15.7. The fraction of sp³-hybridized carbons (Fsp3) is 0.0667. The summed E-state index contributed by atoms with van der Waals surface area (Å²) in [5, 5.41) is 2.48. The van der Waals surface area contributed by atoms with Gasteiger partial charge in [-0.15, -0.1) is 0 Å². The number of benzene rings is 2. The van der Waals surface area contributed by atoms with Crippen LogP contribution in [-0.2, 0) is 4.79 Å². The first-order valence-electron chi connectivity index (χ1n) is 6.12. The molecule has 2 rings (SSSR count). The Morgan fingerprint density at radius 1 is 0.909 bits per heavy atom. The molecule has 0 spiro atoms. The van der Waals surface area contributed by atoms with E-state index in [0.717, 1.165) is 3.61 Å². The molecule has 22 heavy (non-hydrogen) atoms. The number of amides is 1. The number of carbonyl (C=O) groups excluding carboxylic acids is 2. The van der Waals surface area contributed by atoms with Crippen LogP contribution >= 0.6 is 34.8 Å². The Bertz CT molecular complexity index is 687. The second kappa shape index (κ2) is 7.68. The zero-order chi connectivity index (χ0) is 16.2. The van der Waals surface area contributed by atoms with Gasteiger partial charge in [0.15, 0.2) is 0 Å². The molecule has 2 aromatic carbocycles. The van der Waals surface area contributed by atoms with Crippen LogP contribution in [0.4, 0.5) is 5.69 Å². The van der Waals surface area contributed by atoms with Gasteiger partial charge >= 0.3 is 154 Å². The van der Waals surface area contributed by atoms with Crippen LogP contribution in [0.3, 0.4) is 0 Å². The third-order valence-electron chi connectivity index (χ3n) is 2.61. The van der Waals surface area contributed by atoms with E-state index in [2.05, 4.69) is 5.32 Å². The van der Waals surface area contributed by atoms with Gasteiger partial charge in [-0.2, -0.15) is 0 Å². The summed E-state index contributed by atoms with van der Waals surface area (Å²) in [5.74, 6) is -0.793. The number of para-hydroxylation sites is 1. The molecule has 0 radical (unpaired) electrons. The van der Waals surface area contributed by atoms with Crippen molar-refractivity contribution >= 4 is 74.8 Å². The van der Waals surface area contributed by atoms with E-state index in [-0.39, 0.29) is 3.83 Å². The van der Waals surface area contributed by atoms with Crippen molar-refractivity contribution in [1.82, 2.24) is 0 Å². The van der Waals surface area contributed by atoms with Gasteiger partial charge in [0.1, 0.15) is 0 Å². The SMILES string of the molecule is O=C([Te]c1ccccc1)c1ccccc1NC(=O)C(Cl)(Cl)Cl. The molecule has 0 unspecified atom stereocenters. The molecule has 114 valence electrons. The summed E-state index contributed by atoms with van der Waals surface area (Å²) >= 11 is 15.5. The van der Waals surface area contributed by atoms with Crippen LogP contribution in [0.1, 0.15) is 10.4 Å². The molecule has 1 amide bonds. The molecule has 2 aromatic rings. The predicted octanol–water partition coefficient (Wildman–Crippen LogP) is 3.17. The Morgan fingerprint density at radius 2 is 1.50 bits per heavy atom. The monoisotopic (exact) mass is 471 g/mol. The summed E-state index contributed by atoms with van der Waals surface area (Å²) in [6.07, 6.45) is 0. The van der Waals surface area contributed by atoms with Gasteiger partial charge in [-0.25, -0.2) is 0 Å². The van der Waals surface area contributed by atoms with Crippen LogP contribution in [0.25, 0.3) is 0 Å². The Morgan fingerprint density at radius 3 is 2.14 bits per heavy atom. The van der Waals surface area contributed by atoms with Gasteiger partial charge in [0.25, 0.3) is 0 Å². The Kier molecular flexibility index (Phi) is 6.14. The van der Waals surface area contributed by atoms with E-state index in [1.54, 1.807) is 24.3 Å². The average molecular weight is 470 g/mol. The van der Waals surface area contributed by atoms with E-state index >= 15 is 0 Å². The molecule has 0 aliphatic rings. The van der Waals surface area contributed by atoms with Crippen LogP contribution in [0.5, 0.6) is 0 Å². The molecule has 0 saturated heterocycles. The van der Waals surface area contributed by atoms with E-state index in [1.807, 2.05) is 30.3 Å². The Balaban J connectivity index is 2.21. The second-order valence-corrected chi connectivity index (χ2v) is 9.47. The van der Waals surface area contributed by atoms with Crippen LogP contribution in [0.2, 0.25) is 0 Å². The van der Waals surface area contributed by atoms with E-state index < -0.39 is 30.6 Å². The standard InChI is InChI=1S/C15H10Cl3NO2Te/c16-15(17,18)14(21)19-12-9-5-4-8-11(12)13(20)22-10-6-2-1-3-7-10/h1-9H,(H,19,21). The van der Waals surface area contributed by atoms with Crippen molar-refractivity contribution in [1.29, 1.82) is 0 Å². The Hall–Kier alpha value is -0.760.